The molecule has 2 atom stereocenters. The third-order valence-electron chi connectivity index (χ3n) is 3.88. The summed E-state index contributed by atoms with van der Waals surface area (Å²) in [6, 6.07) is 20.1. The summed E-state index contributed by atoms with van der Waals surface area (Å²) in [6.45, 7) is 0. The van der Waals surface area contributed by atoms with Gasteiger partial charge in [0.1, 0.15) is 6.10 Å². The van der Waals surface area contributed by atoms with E-state index < -0.39 is 5.97 Å². The maximum atomic E-state index is 11.9. The number of carbonyl (C=O) groups is 1. The molecule has 2 aromatic rings. The monoisotopic (exact) mass is 294 g/mol. The third-order valence-corrected chi connectivity index (χ3v) is 3.88. The lowest BCUT2D eigenvalue weighted by molar-refractivity contribution is -0.142. The molecule has 0 aliphatic carbocycles. The van der Waals surface area contributed by atoms with Gasteiger partial charge >= 0.3 is 5.97 Å². The molecule has 22 heavy (non-hydrogen) atoms. The lowest BCUT2D eigenvalue weighted by Crippen LogP contribution is -2.20. The van der Waals surface area contributed by atoms with Gasteiger partial charge in [-0.15, -0.1) is 0 Å². The van der Waals surface area contributed by atoms with Gasteiger partial charge in [0.2, 0.25) is 5.76 Å². The van der Waals surface area contributed by atoms with Gasteiger partial charge in [-0.2, -0.15) is 0 Å². The van der Waals surface area contributed by atoms with Crippen LogP contribution in [0.5, 0.6) is 0 Å². The predicted octanol–water partition coefficient (Wildman–Crippen LogP) is 3.99. The van der Waals surface area contributed by atoms with Crippen molar-refractivity contribution in [1.29, 1.82) is 0 Å². The van der Waals surface area contributed by atoms with E-state index in [9.17, 15) is 4.79 Å². The van der Waals surface area contributed by atoms with Crippen molar-refractivity contribution < 1.29 is 14.3 Å². The lowest BCUT2D eigenvalue weighted by atomic mass is 9.88. The van der Waals surface area contributed by atoms with Gasteiger partial charge in [0, 0.05) is 5.92 Å². The van der Waals surface area contributed by atoms with Crippen LogP contribution in [0, 0.1) is 0 Å². The van der Waals surface area contributed by atoms with E-state index in [0.29, 0.717) is 0 Å². The smallest absolute Gasteiger partial charge is 0.373 e. The molecule has 0 unspecified atom stereocenters. The number of benzene rings is 2. The largest absolute Gasteiger partial charge is 0.479 e. The number of methoxy groups -OCH3 is 1. The van der Waals surface area contributed by atoms with E-state index in [4.69, 9.17) is 9.47 Å². The minimum atomic E-state index is -0.429. The average molecular weight is 294 g/mol. The third kappa shape index (κ3) is 3.03. The van der Waals surface area contributed by atoms with Crippen molar-refractivity contribution >= 4 is 5.97 Å². The van der Waals surface area contributed by atoms with E-state index in [1.54, 1.807) is 0 Å². The lowest BCUT2D eigenvalue weighted by Gasteiger charge is -2.29. The Bertz CT molecular complexity index is 662. The fraction of sp³-hybridized carbons (Fsp3) is 0.211. The van der Waals surface area contributed by atoms with Crippen molar-refractivity contribution in [3.8, 4) is 0 Å². The van der Waals surface area contributed by atoms with Crippen LogP contribution in [0.2, 0.25) is 0 Å². The van der Waals surface area contributed by atoms with Crippen molar-refractivity contribution in [3.05, 3.63) is 83.6 Å². The quantitative estimate of drug-likeness (QED) is 0.803. The first-order valence-electron chi connectivity index (χ1n) is 7.34. The summed E-state index contributed by atoms with van der Waals surface area (Å²) < 4.78 is 10.7. The second-order valence-corrected chi connectivity index (χ2v) is 5.29. The van der Waals surface area contributed by atoms with Crippen molar-refractivity contribution in [3.63, 3.8) is 0 Å². The highest BCUT2D eigenvalue weighted by molar-refractivity contribution is 5.86. The van der Waals surface area contributed by atoms with E-state index in [1.165, 1.54) is 12.7 Å². The van der Waals surface area contributed by atoms with Crippen LogP contribution >= 0.6 is 0 Å². The zero-order valence-corrected chi connectivity index (χ0v) is 12.4. The van der Waals surface area contributed by atoms with Gasteiger partial charge in [0.25, 0.3) is 0 Å². The number of carbonyl (C=O) groups excluding carboxylic acids is 1. The normalized spacial score (nSPS) is 20.7. The highest BCUT2D eigenvalue weighted by Gasteiger charge is 2.29. The zero-order chi connectivity index (χ0) is 15.4. The van der Waals surface area contributed by atoms with Crippen LogP contribution in [0.1, 0.15) is 29.6 Å². The SMILES string of the molecule is COC(=O)C1=C[C@@H](c2ccccc2)C[C@@H](c2ccccc2)O1. The maximum absolute atomic E-state index is 11.9. The van der Waals surface area contributed by atoms with Crippen molar-refractivity contribution in [2.24, 2.45) is 0 Å². The van der Waals surface area contributed by atoms with Crippen molar-refractivity contribution in [1.82, 2.24) is 0 Å². The van der Waals surface area contributed by atoms with Crippen LogP contribution in [0.3, 0.4) is 0 Å². The summed E-state index contributed by atoms with van der Waals surface area (Å²) in [5.74, 6) is -0.00715. The van der Waals surface area contributed by atoms with E-state index in [1.807, 2.05) is 54.6 Å². The van der Waals surface area contributed by atoms with Gasteiger partial charge in [-0.25, -0.2) is 4.79 Å². The molecule has 1 heterocycles. The predicted molar refractivity (Wildman–Crippen MR) is 84.2 cm³/mol. The number of hydrogen-bond acceptors (Lipinski definition) is 3. The second-order valence-electron chi connectivity index (χ2n) is 5.29. The fourth-order valence-corrected chi connectivity index (χ4v) is 2.74. The molecule has 0 radical (unpaired) electrons. The van der Waals surface area contributed by atoms with E-state index in [2.05, 4.69) is 12.1 Å². The molecule has 1 aliphatic rings. The summed E-state index contributed by atoms with van der Waals surface area (Å²) in [4.78, 5) is 11.9. The first kappa shape index (κ1) is 14.4. The number of ether oxygens (including phenoxy) is 2. The Morgan fingerprint density at radius 3 is 2.18 bits per heavy atom. The Morgan fingerprint density at radius 2 is 1.59 bits per heavy atom. The molecule has 112 valence electrons. The van der Waals surface area contributed by atoms with Crippen LogP contribution < -0.4 is 0 Å². The van der Waals surface area contributed by atoms with Gasteiger partial charge in [0.15, 0.2) is 0 Å². The van der Waals surface area contributed by atoms with Crippen LogP contribution in [0.15, 0.2) is 72.5 Å². The molecule has 0 N–H and O–H groups in total. The van der Waals surface area contributed by atoms with Crippen molar-refractivity contribution in [2.45, 2.75) is 18.4 Å². The van der Waals surface area contributed by atoms with E-state index in [0.717, 1.165) is 12.0 Å². The van der Waals surface area contributed by atoms with Gasteiger partial charge in [0.05, 0.1) is 7.11 Å². The Kier molecular flexibility index (Phi) is 4.24. The number of rotatable bonds is 3. The highest BCUT2D eigenvalue weighted by Crippen LogP contribution is 2.38. The molecule has 0 fully saturated rings. The number of allylic oxidation sites excluding steroid dienone is 1. The van der Waals surface area contributed by atoms with E-state index >= 15 is 0 Å². The highest BCUT2D eigenvalue weighted by atomic mass is 16.6. The minimum absolute atomic E-state index is 0.134. The molecule has 2 aromatic carbocycles. The summed E-state index contributed by atoms with van der Waals surface area (Å²) in [5.41, 5.74) is 2.24. The molecular weight excluding hydrogens is 276 g/mol. The molecular formula is C19H18O3. The number of hydrogen-bond donors (Lipinski definition) is 0. The second kappa shape index (κ2) is 6.48. The van der Waals surface area contributed by atoms with Crippen molar-refractivity contribution in [2.75, 3.05) is 7.11 Å². The Morgan fingerprint density at radius 1 is 1.00 bits per heavy atom. The Hall–Kier alpha value is -2.55. The van der Waals surface area contributed by atoms with Gasteiger partial charge in [-0.1, -0.05) is 60.7 Å². The topological polar surface area (TPSA) is 35.5 Å². The Labute approximate surface area is 130 Å². The van der Waals surface area contributed by atoms with Gasteiger partial charge < -0.3 is 9.47 Å². The average Bonchev–Trinajstić information content (AvgIpc) is 2.62. The van der Waals surface area contributed by atoms with Crippen LogP contribution in [-0.2, 0) is 14.3 Å². The molecule has 1 aliphatic heterocycles. The maximum Gasteiger partial charge on any atom is 0.373 e. The first-order chi connectivity index (χ1) is 10.8. The zero-order valence-electron chi connectivity index (χ0n) is 12.4. The minimum Gasteiger partial charge on any atom is -0.479 e. The molecule has 0 saturated heterocycles. The fourth-order valence-electron chi connectivity index (χ4n) is 2.74. The van der Waals surface area contributed by atoms with E-state index in [-0.39, 0.29) is 17.8 Å². The Balaban J connectivity index is 1.94. The van der Waals surface area contributed by atoms with Crippen LogP contribution in [0.4, 0.5) is 0 Å². The molecule has 0 bridgehead atoms. The van der Waals surface area contributed by atoms with Crippen LogP contribution in [0.25, 0.3) is 0 Å². The van der Waals surface area contributed by atoms with Gasteiger partial charge in [-0.05, 0) is 23.6 Å². The summed E-state index contributed by atoms with van der Waals surface area (Å²) in [7, 11) is 1.37. The summed E-state index contributed by atoms with van der Waals surface area (Å²) in [6.07, 6.45) is 2.51. The molecule has 0 saturated carbocycles. The summed E-state index contributed by atoms with van der Waals surface area (Å²) >= 11 is 0. The first-order valence-corrected chi connectivity index (χ1v) is 7.34. The molecule has 3 heteroatoms. The van der Waals surface area contributed by atoms with Crippen LogP contribution in [-0.4, -0.2) is 13.1 Å². The summed E-state index contributed by atoms with van der Waals surface area (Å²) in [5, 5.41) is 0. The number of esters is 1. The van der Waals surface area contributed by atoms with Gasteiger partial charge in [-0.3, -0.25) is 0 Å². The molecule has 0 aromatic heterocycles. The molecule has 3 nitrogen and oxygen atoms in total. The molecule has 0 amide bonds. The standard InChI is InChI=1S/C19H18O3/c1-21-19(20)18-13-16(14-8-4-2-5-9-14)12-17(22-18)15-10-6-3-7-11-15/h2-11,13,16-17H,12H2,1H3/t16-,17-/m0/s1. The molecule has 0 spiro atoms. The molecule has 3 rings (SSSR count).